The summed E-state index contributed by atoms with van der Waals surface area (Å²) in [6.45, 7) is 9.24. The Morgan fingerprint density at radius 2 is 2.00 bits per heavy atom. The van der Waals surface area contributed by atoms with E-state index in [0.717, 1.165) is 48.1 Å². The van der Waals surface area contributed by atoms with Crippen LogP contribution in [-0.4, -0.2) is 28.8 Å². The molecule has 1 N–H and O–H groups in total. The molecule has 1 aliphatic heterocycles. The fourth-order valence-corrected chi connectivity index (χ4v) is 4.33. The molecule has 2 heterocycles. The van der Waals surface area contributed by atoms with E-state index in [4.69, 9.17) is 9.97 Å². The minimum absolute atomic E-state index is 0.560. The molecule has 0 aliphatic carbocycles. The van der Waals surface area contributed by atoms with Gasteiger partial charge in [0.1, 0.15) is 5.82 Å². The summed E-state index contributed by atoms with van der Waals surface area (Å²) in [5.74, 6) is 3.36. The molecular formula is C22H26N4S. The second-order valence-corrected chi connectivity index (χ2v) is 8.68. The van der Waals surface area contributed by atoms with E-state index in [9.17, 15) is 0 Å². The van der Waals surface area contributed by atoms with Crippen molar-refractivity contribution in [2.45, 2.75) is 32.2 Å². The van der Waals surface area contributed by atoms with Gasteiger partial charge in [-0.05, 0) is 36.6 Å². The van der Waals surface area contributed by atoms with Crippen LogP contribution in [-0.2, 0) is 6.54 Å². The summed E-state index contributed by atoms with van der Waals surface area (Å²) < 4.78 is 0. The van der Waals surface area contributed by atoms with Crippen molar-refractivity contribution in [2.24, 2.45) is 5.92 Å². The summed E-state index contributed by atoms with van der Waals surface area (Å²) in [7, 11) is 0. The number of nitrogens with one attached hydrogen (secondary N) is 1. The van der Waals surface area contributed by atoms with E-state index < -0.39 is 0 Å². The highest BCUT2D eigenvalue weighted by Crippen LogP contribution is 2.30. The summed E-state index contributed by atoms with van der Waals surface area (Å²) in [6.07, 6.45) is 0. The highest BCUT2D eigenvalue weighted by atomic mass is 32.2. The van der Waals surface area contributed by atoms with Gasteiger partial charge in [0.25, 0.3) is 0 Å². The lowest BCUT2D eigenvalue weighted by Crippen LogP contribution is -2.26. The van der Waals surface area contributed by atoms with Crippen molar-refractivity contribution < 1.29 is 0 Å². The number of aromatic nitrogens is 2. The standard InChI is InChI=1S/C22H26N4S/c1-15(2)13-23-21-18-12-16(3)8-9-19(18)24-22(25-21)26-10-11-27-20-7-5-4-6-17(20)14-26/h4-9,12,15H,10-11,13-14H2,1-3H3,(H,23,24,25). The van der Waals surface area contributed by atoms with E-state index >= 15 is 0 Å². The lowest BCUT2D eigenvalue weighted by atomic mass is 10.1. The molecule has 0 bridgehead atoms. The zero-order valence-electron chi connectivity index (χ0n) is 16.2. The van der Waals surface area contributed by atoms with E-state index in [1.807, 2.05) is 11.8 Å². The molecule has 0 amide bonds. The Morgan fingerprint density at radius 3 is 2.85 bits per heavy atom. The van der Waals surface area contributed by atoms with Gasteiger partial charge in [0.05, 0.1) is 5.52 Å². The first-order chi connectivity index (χ1) is 13.1. The minimum atomic E-state index is 0.560. The topological polar surface area (TPSA) is 41.1 Å². The van der Waals surface area contributed by atoms with Gasteiger partial charge >= 0.3 is 0 Å². The molecule has 0 saturated carbocycles. The van der Waals surface area contributed by atoms with Crippen molar-refractivity contribution >= 4 is 34.4 Å². The van der Waals surface area contributed by atoms with Crippen LogP contribution in [0.15, 0.2) is 47.4 Å². The van der Waals surface area contributed by atoms with E-state index in [0.29, 0.717) is 5.92 Å². The maximum atomic E-state index is 4.95. The Balaban J connectivity index is 1.74. The van der Waals surface area contributed by atoms with Crippen LogP contribution < -0.4 is 10.2 Å². The number of anilines is 2. The molecule has 0 radical (unpaired) electrons. The molecule has 0 spiro atoms. The Bertz CT molecular complexity index is 954. The Labute approximate surface area is 165 Å². The molecule has 27 heavy (non-hydrogen) atoms. The van der Waals surface area contributed by atoms with Crippen LogP contribution in [0.5, 0.6) is 0 Å². The average Bonchev–Trinajstić information content (AvgIpc) is 2.88. The van der Waals surface area contributed by atoms with Gasteiger partial charge in [-0.2, -0.15) is 4.98 Å². The summed E-state index contributed by atoms with van der Waals surface area (Å²) in [6, 6.07) is 15.1. The molecule has 0 saturated heterocycles. The quantitative estimate of drug-likeness (QED) is 0.682. The summed E-state index contributed by atoms with van der Waals surface area (Å²) in [5, 5.41) is 4.65. The molecule has 3 aromatic rings. The fraction of sp³-hybridized carbons (Fsp3) is 0.364. The van der Waals surface area contributed by atoms with Gasteiger partial charge in [0.15, 0.2) is 0 Å². The number of hydrogen-bond donors (Lipinski definition) is 1. The van der Waals surface area contributed by atoms with Crippen molar-refractivity contribution in [1.29, 1.82) is 0 Å². The summed E-state index contributed by atoms with van der Waals surface area (Å²) in [4.78, 5) is 13.5. The second kappa shape index (κ2) is 7.77. The zero-order chi connectivity index (χ0) is 18.8. The van der Waals surface area contributed by atoms with Crippen molar-refractivity contribution in [3.63, 3.8) is 0 Å². The number of aryl methyl sites for hydroxylation is 1. The maximum Gasteiger partial charge on any atom is 0.228 e. The zero-order valence-corrected chi connectivity index (χ0v) is 17.0. The minimum Gasteiger partial charge on any atom is -0.369 e. The van der Waals surface area contributed by atoms with Gasteiger partial charge < -0.3 is 10.2 Å². The van der Waals surface area contributed by atoms with E-state index in [2.05, 4.69) is 73.5 Å². The summed E-state index contributed by atoms with van der Waals surface area (Å²) in [5.41, 5.74) is 3.58. The molecule has 140 valence electrons. The first kappa shape index (κ1) is 18.1. The molecule has 0 atom stereocenters. The van der Waals surface area contributed by atoms with Gasteiger partial charge in [0.2, 0.25) is 5.95 Å². The smallest absolute Gasteiger partial charge is 0.228 e. The first-order valence-electron chi connectivity index (χ1n) is 9.58. The predicted octanol–water partition coefficient (Wildman–Crippen LogP) is 5.12. The molecule has 1 aromatic heterocycles. The molecular weight excluding hydrogens is 352 g/mol. The lowest BCUT2D eigenvalue weighted by Gasteiger charge is -2.22. The third-order valence-corrected chi connectivity index (χ3v) is 5.85. The molecule has 5 heteroatoms. The molecule has 2 aromatic carbocycles. The molecule has 4 rings (SSSR count). The monoisotopic (exact) mass is 378 g/mol. The van der Waals surface area contributed by atoms with Crippen molar-refractivity contribution in [3.05, 3.63) is 53.6 Å². The second-order valence-electron chi connectivity index (χ2n) is 7.55. The average molecular weight is 379 g/mol. The van der Waals surface area contributed by atoms with Gasteiger partial charge in [-0.1, -0.05) is 43.7 Å². The third kappa shape index (κ3) is 4.03. The Morgan fingerprint density at radius 1 is 1.15 bits per heavy atom. The van der Waals surface area contributed by atoms with E-state index in [1.54, 1.807) is 0 Å². The van der Waals surface area contributed by atoms with Crippen LogP contribution >= 0.6 is 11.8 Å². The molecule has 4 nitrogen and oxygen atoms in total. The van der Waals surface area contributed by atoms with Gasteiger partial charge in [-0.15, -0.1) is 11.8 Å². The molecule has 0 unspecified atom stereocenters. The third-order valence-electron chi connectivity index (χ3n) is 4.75. The van der Waals surface area contributed by atoms with Crippen molar-refractivity contribution in [2.75, 3.05) is 29.1 Å². The van der Waals surface area contributed by atoms with E-state index in [-0.39, 0.29) is 0 Å². The van der Waals surface area contributed by atoms with Gasteiger partial charge in [-0.3, -0.25) is 0 Å². The number of fused-ring (bicyclic) bond motifs is 2. The van der Waals surface area contributed by atoms with Gasteiger partial charge in [0, 0.05) is 35.7 Å². The number of benzene rings is 2. The normalized spacial score (nSPS) is 14.3. The molecule has 0 fully saturated rings. The first-order valence-corrected chi connectivity index (χ1v) is 10.6. The van der Waals surface area contributed by atoms with Crippen LogP contribution in [0, 0.1) is 12.8 Å². The highest BCUT2D eigenvalue weighted by Gasteiger charge is 2.19. The van der Waals surface area contributed by atoms with Crippen LogP contribution in [0.1, 0.15) is 25.0 Å². The van der Waals surface area contributed by atoms with Crippen molar-refractivity contribution in [3.8, 4) is 0 Å². The molecule has 1 aliphatic rings. The number of thioether (sulfide) groups is 1. The number of nitrogens with zero attached hydrogens (tertiary/aromatic N) is 3. The van der Waals surface area contributed by atoms with Crippen molar-refractivity contribution in [1.82, 2.24) is 9.97 Å². The predicted molar refractivity (Wildman–Crippen MR) is 116 cm³/mol. The van der Waals surface area contributed by atoms with Crippen LogP contribution in [0.4, 0.5) is 11.8 Å². The summed E-state index contributed by atoms with van der Waals surface area (Å²) >= 11 is 1.92. The maximum absolute atomic E-state index is 4.95. The highest BCUT2D eigenvalue weighted by molar-refractivity contribution is 7.99. The largest absolute Gasteiger partial charge is 0.369 e. The fourth-order valence-electron chi connectivity index (χ4n) is 3.30. The van der Waals surface area contributed by atoms with Crippen LogP contribution in [0.3, 0.4) is 0 Å². The van der Waals surface area contributed by atoms with E-state index in [1.165, 1.54) is 16.0 Å². The van der Waals surface area contributed by atoms with Gasteiger partial charge in [-0.25, -0.2) is 4.98 Å². The Hall–Kier alpha value is -2.27. The number of rotatable bonds is 4. The lowest BCUT2D eigenvalue weighted by molar-refractivity contribution is 0.687. The SMILES string of the molecule is Cc1ccc2nc(N3CCSc4ccccc4C3)nc(NCC(C)C)c2c1. The van der Waals surface area contributed by atoms with Crippen LogP contribution in [0.2, 0.25) is 0 Å². The number of hydrogen-bond acceptors (Lipinski definition) is 5. The van der Waals surface area contributed by atoms with Crippen LogP contribution in [0.25, 0.3) is 10.9 Å². The Kier molecular flexibility index (Phi) is 5.21.